The molecule has 0 aliphatic rings. The lowest BCUT2D eigenvalue weighted by atomic mass is 10.1. The maximum atomic E-state index is 5.84. The maximum absolute atomic E-state index is 5.84. The van der Waals surface area contributed by atoms with Crippen molar-refractivity contribution in [1.82, 2.24) is 0 Å². The van der Waals surface area contributed by atoms with E-state index in [9.17, 15) is 0 Å². The maximum Gasteiger partial charge on any atom is 0.0414 e. The number of hydrogen-bond donors (Lipinski definition) is 2. The highest BCUT2D eigenvalue weighted by molar-refractivity contribution is 7.08. The second-order valence-corrected chi connectivity index (χ2v) is 3.64. The second-order valence-electron chi connectivity index (χ2n) is 2.86. The zero-order chi connectivity index (χ0) is 9.26. The Labute approximate surface area is 80.8 Å². The molecule has 0 fully saturated rings. The van der Waals surface area contributed by atoms with Gasteiger partial charge in [-0.25, -0.2) is 0 Å². The van der Waals surface area contributed by atoms with Crippen molar-refractivity contribution in [1.29, 1.82) is 0 Å². The summed E-state index contributed by atoms with van der Waals surface area (Å²) in [6.07, 6.45) is 0. The highest BCUT2D eigenvalue weighted by Gasteiger charge is 2.02. The summed E-state index contributed by atoms with van der Waals surface area (Å²) >= 11 is 1.66. The van der Waals surface area contributed by atoms with E-state index in [4.69, 9.17) is 11.5 Å². The SMILES string of the molecule is Nc1ccc(-c2ccsc2)c(N)c1. The number of nitrogen functional groups attached to an aromatic ring is 2. The Balaban J connectivity index is 2.53. The third kappa shape index (κ3) is 1.51. The predicted molar refractivity (Wildman–Crippen MR) is 58.6 cm³/mol. The zero-order valence-electron chi connectivity index (χ0n) is 7.03. The van der Waals surface area contributed by atoms with Crippen LogP contribution in [-0.4, -0.2) is 0 Å². The molecule has 4 N–H and O–H groups in total. The van der Waals surface area contributed by atoms with Crippen molar-refractivity contribution >= 4 is 22.7 Å². The van der Waals surface area contributed by atoms with Gasteiger partial charge in [0.15, 0.2) is 0 Å². The molecule has 1 aromatic carbocycles. The molecule has 0 aliphatic heterocycles. The van der Waals surface area contributed by atoms with Crippen LogP contribution in [0.1, 0.15) is 0 Å². The van der Waals surface area contributed by atoms with Gasteiger partial charge in [-0.3, -0.25) is 0 Å². The summed E-state index contributed by atoms with van der Waals surface area (Å²) in [6, 6.07) is 7.65. The standard InChI is InChI=1S/C10H10N2S/c11-8-1-2-9(10(12)5-8)7-3-4-13-6-7/h1-6H,11-12H2. The number of thiophene rings is 1. The van der Waals surface area contributed by atoms with Crippen LogP contribution in [0.2, 0.25) is 0 Å². The van der Waals surface area contributed by atoms with Crippen LogP contribution in [0.5, 0.6) is 0 Å². The average molecular weight is 190 g/mol. The van der Waals surface area contributed by atoms with E-state index in [1.807, 2.05) is 23.6 Å². The van der Waals surface area contributed by atoms with Crippen molar-refractivity contribution in [2.75, 3.05) is 11.5 Å². The van der Waals surface area contributed by atoms with Gasteiger partial charge < -0.3 is 11.5 Å². The van der Waals surface area contributed by atoms with Crippen LogP contribution >= 0.6 is 11.3 Å². The number of hydrogen-bond acceptors (Lipinski definition) is 3. The summed E-state index contributed by atoms with van der Waals surface area (Å²) in [4.78, 5) is 0. The van der Waals surface area contributed by atoms with Gasteiger partial charge in [0, 0.05) is 16.9 Å². The van der Waals surface area contributed by atoms with Gasteiger partial charge in [0.1, 0.15) is 0 Å². The van der Waals surface area contributed by atoms with Crippen LogP contribution in [0.4, 0.5) is 11.4 Å². The van der Waals surface area contributed by atoms with Gasteiger partial charge in [0.05, 0.1) is 0 Å². The molecule has 66 valence electrons. The summed E-state index contributed by atoms with van der Waals surface area (Å²) in [6.45, 7) is 0. The fraction of sp³-hybridized carbons (Fsp3) is 0. The Bertz CT molecular complexity index is 407. The summed E-state index contributed by atoms with van der Waals surface area (Å²) in [5.74, 6) is 0. The molecule has 0 unspecified atom stereocenters. The molecule has 0 saturated carbocycles. The molecule has 3 heteroatoms. The largest absolute Gasteiger partial charge is 0.399 e. The topological polar surface area (TPSA) is 52.0 Å². The van der Waals surface area contributed by atoms with E-state index in [0.29, 0.717) is 5.69 Å². The molecule has 1 aromatic heterocycles. The van der Waals surface area contributed by atoms with Crippen LogP contribution in [-0.2, 0) is 0 Å². The van der Waals surface area contributed by atoms with Gasteiger partial charge in [-0.2, -0.15) is 11.3 Å². The molecule has 0 radical (unpaired) electrons. The summed E-state index contributed by atoms with van der Waals surface area (Å²) in [5.41, 5.74) is 15.1. The minimum absolute atomic E-state index is 0.705. The minimum atomic E-state index is 0.705. The van der Waals surface area contributed by atoms with E-state index in [2.05, 4.69) is 5.38 Å². The average Bonchev–Trinajstić information content (AvgIpc) is 2.56. The quantitative estimate of drug-likeness (QED) is 0.679. The Kier molecular flexibility index (Phi) is 1.94. The van der Waals surface area contributed by atoms with Crippen molar-refractivity contribution in [3.63, 3.8) is 0 Å². The fourth-order valence-corrected chi connectivity index (χ4v) is 1.92. The lowest BCUT2D eigenvalue weighted by Gasteiger charge is -2.03. The Morgan fingerprint density at radius 1 is 1.08 bits per heavy atom. The van der Waals surface area contributed by atoms with Crippen LogP contribution in [0.3, 0.4) is 0 Å². The number of benzene rings is 1. The first-order valence-electron chi connectivity index (χ1n) is 3.95. The minimum Gasteiger partial charge on any atom is -0.399 e. The van der Waals surface area contributed by atoms with Crippen molar-refractivity contribution in [3.8, 4) is 11.1 Å². The molecule has 13 heavy (non-hydrogen) atoms. The molecular formula is C10H10N2S. The zero-order valence-corrected chi connectivity index (χ0v) is 7.84. The predicted octanol–water partition coefficient (Wildman–Crippen LogP) is 2.58. The van der Waals surface area contributed by atoms with Crippen molar-refractivity contribution < 1.29 is 0 Å². The summed E-state index contributed by atoms with van der Waals surface area (Å²) in [5, 5.41) is 4.10. The van der Waals surface area contributed by atoms with Crippen LogP contribution in [0.25, 0.3) is 11.1 Å². The molecule has 2 nitrogen and oxygen atoms in total. The molecule has 0 spiro atoms. The van der Waals surface area contributed by atoms with E-state index < -0.39 is 0 Å². The first-order valence-corrected chi connectivity index (χ1v) is 4.89. The highest BCUT2D eigenvalue weighted by atomic mass is 32.1. The van der Waals surface area contributed by atoms with E-state index in [0.717, 1.165) is 16.8 Å². The third-order valence-corrected chi connectivity index (χ3v) is 2.59. The Hall–Kier alpha value is -1.48. The second kappa shape index (κ2) is 3.11. The lowest BCUT2D eigenvalue weighted by Crippen LogP contribution is -1.92. The van der Waals surface area contributed by atoms with Gasteiger partial charge in [0.2, 0.25) is 0 Å². The number of anilines is 2. The summed E-state index contributed by atoms with van der Waals surface area (Å²) in [7, 11) is 0. The molecule has 0 aliphatic carbocycles. The van der Waals surface area contributed by atoms with Gasteiger partial charge in [-0.15, -0.1) is 0 Å². The van der Waals surface area contributed by atoms with E-state index in [-0.39, 0.29) is 0 Å². The Morgan fingerprint density at radius 2 is 1.92 bits per heavy atom. The van der Waals surface area contributed by atoms with Crippen LogP contribution < -0.4 is 11.5 Å². The third-order valence-electron chi connectivity index (χ3n) is 1.91. The van der Waals surface area contributed by atoms with Crippen LogP contribution in [0.15, 0.2) is 35.0 Å². The molecule has 2 rings (SSSR count). The lowest BCUT2D eigenvalue weighted by molar-refractivity contribution is 1.64. The first-order chi connectivity index (χ1) is 6.27. The molecule has 0 bridgehead atoms. The number of nitrogens with two attached hydrogens (primary N) is 2. The molecule has 0 atom stereocenters. The Morgan fingerprint density at radius 3 is 2.54 bits per heavy atom. The molecule has 0 saturated heterocycles. The monoisotopic (exact) mass is 190 g/mol. The molecular weight excluding hydrogens is 180 g/mol. The van der Waals surface area contributed by atoms with E-state index in [1.165, 1.54) is 0 Å². The fourth-order valence-electron chi connectivity index (χ4n) is 1.26. The van der Waals surface area contributed by atoms with E-state index in [1.54, 1.807) is 17.4 Å². The smallest absolute Gasteiger partial charge is 0.0414 e. The van der Waals surface area contributed by atoms with Crippen molar-refractivity contribution in [2.45, 2.75) is 0 Å². The first kappa shape index (κ1) is 8.13. The molecule has 0 amide bonds. The van der Waals surface area contributed by atoms with Crippen LogP contribution in [0, 0.1) is 0 Å². The highest BCUT2D eigenvalue weighted by Crippen LogP contribution is 2.28. The van der Waals surface area contributed by atoms with E-state index >= 15 is 0 Å². The van der Waals surface area contributed by atoms with Crippen molar-refractivity contribution in [3.05, 3.63) is 35.0 Å². The van der Waals surface area contributed by atoms with Gasteiger partial charge in [0.25, 0.3) is 0 Å². The molecule has 1 heterocycles. The van der Waals surface area contributed by atoms with Gasteiger partial charge in [-0.05, 0) is 34.5 Å². The molecule has 2 aromatic rings. The van der Waals surface area contributed by atoms with Crippen molar-refractivity contribution in [2.24, 2.45) is 0 Å². The normalized spacial score (nSPS) is 10.2. The van der Waals surface area contributed by atoms with Gasteiger partial charge >= 0.3 is 0 Å². The van der Waals surface area contributed by atoms with Gasteiger partial charge in [-0.1, -0.05) is 6.07 Å². The number of rotatable bonds is 1. The summed E-state index contributed by atoms with van der Waals surface area (Å²) < 4.78 is 0.